The van der Waals surface area contributed by atoms with E-state index in [1.54, 1.807) is 6.20 Å². The lowest BCUT2D eigenvalue weighted by molar-refractivity contribution is -0.114. The molecule has 0 radical (unpaired) electrons. The summed E-state index contributed by atoms with van der Waals surface area (Å²) in [6.45, 7) is 3.53. The molecular weight excluding hydrogens is 212 g/mol. The zero-order valence-corrected chi connectivity index (χ0v) is 9.90. The third-order valence-corrected chi connectivity index (χ3v) is 2.51. The van der Waals surface area contributed by atoms with Crippen molar-refractivity contribution in [2.45, 2.75) is 13.8 Å². The van der Waals surface area contributed by atoms with Gasteiger partial charge in [-0.05, 0) is 41.8 Å². The fraction of sp³-hybridized carbons (Fsp3) is 0.143. The summed E-state index contributed by atoms with van der Waals surface area (Å²) in [5.41, 5.74) is 4.14. The lowest BCUT2D eigenvalue weighted by Gasteiger charge is -2.08. The van der Waals surface area contributed by atoms with Crippen LogP contribution in [0.1, 0.15) is 12.5 Å². The van der Waals surface area contributed by atoms with Crippen LogP contribution in [0.4, 0.5) is 5.69 Å². The molecule has 3 heteroatoms. The highest BCUT2D eigenvalue weighted by Crippen LogP contribution is 2.24. The molecule has 0 atom stereocenters. The number of nitrogens with zero attached hydrogens (tertiary/aromatic N) is 1. The fourth-order valence-corrected chi connectivity index (χ4v) is 1.77. The number of carbonyl (C=O) groups excluding carboxylic acids is 1. The number of hydrogen-bond donors (Lipinski definition) is 1. The number of anilines is 1. The number of carbonyl (C=O) groups is 1. The third kappa shape index (κ3) is 2.69. The summed E-state index contributed by atoms with van der Waals surface area (Å²) >= 11 is 0. The van der Waals surface area contributed by atoms with Gasteiger partial charge >= 0.3 is 0 Å². The highest BCUT2D eigenvalue weighted by Gasteiger charge is 2.03. The summed E-state index contributed by atoms with van der Waals surface area (Å²) in [4.78, 5) is 15.1. The summed E-state index contributed by atoms with van der Waals surface area (Å²) < 4.78 is 0. The van der Waals surface area contributed by atoms with Gasteiger partial charge in [0.2, 0.25) is 5.91 Å². The Kier molecular flexibility index (Phi) is 3.19. The SMILES string of the molecule is CC(=O)Nc1cccc(-c2ccncc2C)c1. The predicted octanol–water partition coefficient (Wildman–Crippen LogP) is 3.02. The van der Waals surface area contributed by atoms with E-state index < -0.39 is 0 Å². The summed E-state index contributed by atoms with van der Waals surface area (Å²) in [5.74, 6) is -0.0615. The lowest BCUT2D eigenvalue weighted by Crippen LogP contribution is -2.05. The van der Waals surface area contributed by atoms with Gasteiger partial charge in [0.15, 0.2) is 0 Å². The Hall–Kier alpha value is -2.16. The quantitative estimate of drug-likeness (QED) is 0.855. The van der Waals surface area contributed by atoms with Crippen LogP contribution in [0, 0.1) is 6.92 Å². The van der Waals surface area contributed by atoms with Crippen LogP contribution in [0.5, 0.6) is 0 Å². The summed E-state index contributed by atoms with van der Waals surface area (Å²) in [6, 6.07) is 9.77. The molecule has 0 aliphatic carbocycles. The van der Waals surface area contributed by atoms with Crippen molar-refractivity contribution in [2.75, 3.05) is 5.32 Å². The predicted molar refractivity (Wildman–Crippen MR) is 68.7 cm³/mol. The van der Waals surface area contributed by atoms with Gasteiger partial charge in [-0.25, -0.2) is 0 Å². The first-order valence-electron chi connectivity index (χ1n) is 5.45. The Bertz CT molecular complexity index is 549. The van der Waals surface area contributed by atoms with Crippen LogP contribution in [-0.2, 0) is 4.79 Å². The Labute approximate surface area is 101 Å². The maximum Gasteiger partial charge on any atom is 0.221 e. The zero-order valence-electron chi connectivity index (χ0n) is 9.90. The Morgan fingerprint density at radius 2 is 2.12 bits per heavy atom. The second-order valence-corrected chi connectivity index (χ2v) is 3.95. The number of aryl methyl sites for hydroxylation is 1. The minimum atomic E-state index is -0.0615. The molecule has 1 heterocycles. The Morgan fingerprint density at radius 3 is 2.82 bits per heavy atom. The highest BCUT2D eigenvalue weighted by atomic mass is 16.1. The van der Waals surface area contributed by atoms with E-state index in [0.29, 0.717) is 0 Å². The normalized spacial score (nSPS) is 10.0. The number of benzene rings is 1. The first-order valence-corrected chi connectivity index (χ1v) is 5.45. The number of rotatable bonds is 2. The average Bonchev–Trinajstić information content (AvgIpc) is 2.29. The molecule has 0 saturated heterocycles. The largest absolute Gasteiger partial charge is 0.326 e. The van der Waals surface area contributed by atoms with Crippen LogP contribution < -0.4 is 5.32 Å². The van der Waals surface area contributed by atoms with E-state index in [-0.39, 0.29) is 5.91 Å². The van der Waals surface area contributed by atoms with Crippen molar-refractivity contribution in [2.24, 2.45) is 0 Å². The van der Waals surface area contributed by atoms with E-state index >= 15 is 0 Å². The van der Waals surface area contributed by atoms with E-state index in [1.165, 1.54) is 6.92 Å². The second-order valence-electron chi connectivity index (χ2n) is 3.95. The molecular formula is C14H14N2O. The van der Waals surface area contributed by atoms with Gasteiger partial charge in [-0.1, -0.05) is 12.1 Å². The van der Waals surface area contributed by atoms with Gasteiger partial charge in [-0.2, -0.15) is 0 Å². The molecule has 0 unspecified atom stereocenters. The molecule has 1 aromatic heterocycles. The fourth-order valence-electron chi connectivity index (χ4n) is 1.77. The molecule has 0 aliphatic rings. The zero-order chi connectivity index (χ0) is 12.3. The monoisotopic (exact) mass is 226 g/mol. The van der Waals surface area contributed by atoms with Crippen LogP contribution in [-0.4, -0.2) is 10.9 Å². The molecule has 0 aliphatic heterocycles. The maximum atomic E-state index is 11.0. The lowest BCUT2D eigenvalue weighted by atomic mass is 10.0. The van der Waals surface area contributed by atoms with E-state index in [0.717, 1.165) is 22.4 Å². The summed E-state index contributed by atoms with van der Waals surface area (Å²) in [7, 11) is 0. The van der Waals surface area contributed by atoms with Crippen molar-refractivity contribution in [1.29, 1.82) is 0 Å². The van der Waals surface area contributed by atoms with Crippen LogP contribution >= 0.6 is 0 Å². The third-order valence-electron chi connectivity index (χ3n) is 2.51. The van der Waals surface area contributed by atoms with Crippen LogP contribution in [0.15, 0.2) is 42.7 Å². The molecule has 0 fully saturated rings. The van der Waals surface area contributed by atoms with Crippen LogP contribution in [0.2, 0.25) is 0 Å². The molecule has 0 saturated carbocycles. The van der Waals surface area contributed by atoms with E-state index in [9.17, 15) is 4.79 Å². The van der Waals surface area contributed by atoms with Crippen LogP contribution in [0.3, 0.4) is 0 Å². The van der Waals surface area contributed by atoms with Crippen molar-refractivity contribution in [1.82, 2.24) is 4.98 Å². The van der Waals surface area contributed by atoms with Crippen molar-refractivity contribution in [3.05, 3.63) is 48.3 Å². The molecule has 2 aromatic rings. The minimum Gasteiger partial charge on any atom is -0.326 e. The first-order chi connectivity index (χ1) is 8.16. The molecule has 1 N–H and O–H groups in total. The Morgan fingerprint density at radius 1 is 1.29 bits per heavy atom. The second kappa shape index (κ2) is 4.78. The van der Waals surface area contributed by atoms with Gasteiger partial charge < -0.3 is 5.32 Å². The van der Waals surface area contributed by atoms with Gasteiger partial charge in [0.1, 0.15) is 0 Å². The summed E-state index contributed by atoms with van der Waals surface area (Å²) in [6.07, 6.45) is 3.60. The van der Waals surface area contributed by atoms with Gasteiger partial charge in [0.05, 0.1) is 0 Å². The maximum absolute atomic E-state index is 11.0. The molecule has 86 valence electrons. The van der Waals surface area contributed by atoms with Gasteiger partial charge in [-0.15, -0.1) is 0 Å². The Balaban J connectivity index is 2.40. The molecule has 2 rings (SSSR count). The van der Waals surface area contributed by atoms with Crippen molar-refractivity contribution in [3.63, 3.8) is 0 Å². The number of amides is 1. The van der Waals surface area contributed by atoms with Crippen molar-refractivity contribution in [3.8, 4) is 11.1 Å². The molecule has 17 heavy (non-hydrogen) atoms. The highest BCUT2D eigenvalue weighted by molar-refractivity contribution is 5.89. The molecule has 1 amide bonds. The van der Waals surface area contributed by atoms with Crippen LogP contribution in [0.25, 0.3) is 11.1 Å². The van der Waals surface area contributed by atoms with Gasteiger partial charge in [0.25, 0.3) is 0 Å². The van der Waals surface area contributed by atoms with Crippen molar-refractivity contribution < 1.29 is 4.79 Å². The average molecular weight is 226 g/mol. The molecule has 3 nitrogen and oxygen atoms in total. The number of hydrogen-bond acceptors (Lipinski definition) is 2. The number of aromatic nitrogens is 1. The topological polar surface area (TPSA) is 42.0 Å². The summed E-state index contributed by atoms with van der Waals surface area (Å²) in [5, 5.41) is 2.78. The number of nitrogens with one attached hydrogen (secondary N) is 1. The van der Waals surface area contributed by atoms with Crippen molar-refractivity contribution >= 4 is 11.6 Å². The van der Waals surface area contributed by atoms with E-state index in [2.05, 4.69) is 10.3 Å². The van der Waals surface area contributed by atoms with E-state index in [1.807, 2.05) is 43.5 Å². The molecule has 1 aromatic carbocycles. The number of pyridine rings is 1. The van der Waals surface area contributed by atoms with Gasteiger partial charge in [0, 0.05) is 25.0 Å². The smallest absolute Gasteiger partial charge is 0.221 e. The first kappa shape index (κ1) is 11.3. The minimum absolute atomic E-state index is 0.0615. The van der Waals surface area contributed by atoms with E-state index in [4.69, 9.17) is 0 Å². The standard InChI is InChI=1S/C14H14N2O/c1-10-9-15-7-6-14(10)12-4-3-5-13(8-12)16-11(2)17/h3-9H,1-2H3,(H,16,17). The molecule has 0 bridgehead atoms. The van der Waals surface area contributed by atoms with Gasteiger partial charge in [-0.3, -0.25) is 9.78 Å². The molecule has 0 spiro atoms.